The number of aromatic amines is 1. The summed E-state index contributed by atoms with van der Waals surface area (Å²) in [6, 6.07) is 1.71. The molecule has 0 amide bonds. The lowest BCUT2D eigenvalue weighted by molar-refractivity contribution is 0.432. The second-order valence-corrected chi connectivity index (χ2v) is 3.37. The van der Waals surface area contributed by atoms with Gasteiger partial charge in [0.05, 0.1) is 11.3 Å². The maximum atomic E-state index is 5.63. The first-order valence-corrected chi connectivity index (χ1v) is 4.87. The molecule has 0 atom stereocenters. The molecule has 0 aromatic carbocycles. The van der Waals surface area contributed by atoms with Crippen molar-refractivity contribution in [3.05, 3.63) is 30.9 Å². The SMILES string of the molecule is Nc1cncc(-c2nc(-c3ncc[nH]3)no2)c1. The summed E-state index contributed by atoms with van der Waals surface area (Å²) in [6.07, 6.45) is 6.46. The molecule has 0 fully saturated rings. The van der Waals surface area contributed by atoms with Crippen LogP contribution in [0, 0.1) is 0 Å². The van der Waals surface area contributed by atoms with E-state index in [1.165, 1.54) is 0 Å². The number of nitrogens with zero attached hydrogens (tertiary/aromatic N) is 4. The van der Waals surface area contributed by atoms with Crippen LogP contribution in [-0.2, 0) is 0 Å². The summed E-state index contributed by atoms with van der Waals surface area (Å²) in [5, 5.41) is 3.82. The van der Waals surface area contributed by atoms with Gasteiger partial charge in [0.15, 0.2) is 5.82 Å². The summed E-state index contributed by atoms with van der Waals surface area (Å²) in [5.41, 5.74) is 6.84. The van der Waals surface area contributed by atoms with Crippen molar-refractivity contribution in [3.63, 3.8) is 0 Å². The molecule has 7 heteroatoms. The first-order chi connectivity index (χ1) is 8.33. The number of nitrogens with two attached hydrogens (primary N) is 1. The number of rotatable bonds is 2. The monoisotopic (exact) mass is 228 g/mol. The van der Waals surface area contributed by atoms with Crippen molar-refractivity contribution in [1.82, 2.24) is 25.1 Å². The smallest absolute Gasteiger partial charge is 0.259 e. The predicted molar refractivity (Wildman–Crippen MR) is 59.5 cm³/mol. The number of H-pyrrole nitrogens is 1. The van der Waals surface area contributed by atoms with E-state index in [2.05, 4.69) is 25.1 Å². The number of nitrogens with one attached hydrogen (secondary N) is 1. The van der Waals surface area contributed by atoms with E-state index >= 15 is 0 Å². The Balaban J connectivity index is 2.01. The molecule has 0 saturated heterocycles. The van der Waals surface area contributed by atoms with Crippen LogP contribution in [0.1, 0.15) is 0 Å². The topological polar surface area (TPSA) is 107 Å². The molecule has 0 aliphatic heterocycles. The highest BCUT2D eigenvalue weighted by molar-refractivity contribution is 5.59. The van der Waals surface area contributed by atoms with E-state index in [-0.39, 0.29) is 0 Å². The quantitative estimate of drug-likeness (QED) is 0.680. The molecule has 3 heterocycles. The van der Waals surface area contributed by atoms with Crippen molar-refractivity contribution in [2.45, 2.75) is 0 Å². The molecule has 3 aromatic heterocycles. The van der Waals surface area contributed by atoms with Crippen LogP contribution in [0.25, 0.3) is 23.1 Å². The van der Waals surface area contributed by atoms with Gasteiger partial charge in [0.1, 0.15) is 0 Å². The Bertz CT molecular complexity index is 630. The fraction of sp³-hybridized carbons (Fsp3) is 0. The molecule has 0 spiro atoms. The van der Waals surface area contributed by atoms with E-state index in [1.54, 1.807) is 30.9 Å². The average molecular weight is 228 g/mol. The first-order valence-electron chi connectivity index (χ1n) is 4.87. The van der Waals surface area contributed by atoms with Crippen LogP contribution in [0.2, 0.25) is 0 Å². The minimum atomic E-state index is 0.358. The maximum Gasteiger partial charge on any atom is 0.259 e. The van der Waals surface area contributed by atoms with E-state index in [0.29, 0.717) is 28.8 Å². The third-order valence-electron chi connectivity index (χ3n) is 2.14. The van der Waals surface area contributed by atoms with Gasteiger partial charge in [0.25, 0.3) is 5.89 Å². The highest BCUT2D eigenvalue weighted by Crippen LogP contribution is 2.20. The van der Waals surface area contributed by atoms with Crippen LogP contribution < -0.4 is 5.73 Å². The average Bonchev–Trinajstić information content (AvgIpc) is 3.00. The van der Waals surface area contributed by atoms with Crippen molar-refractivity contribution in [2.24, 2.45) is 0 Å². The molecule has 0 bridgehead atoms. The summed E-state index contributed by atoms with van der Waals surface area (Å²) in [5.74, 6) is 1.31. The first kappa shape index (κ1) is 9.52. The molecule has 3 aromatic rings. The molecule has 0 unspecified atom stereocenters. The molecule has 84 valence electrons. The molecule has 0 aliphatic rings. The van der Waals surface area contributed by atoms with Crippen molar-refractivity contribution < 1.29 is 4.52 Å². The third-order valence-corrected chi connectivity index (χ3v) is 2.14. The Morgan fingerprint density at radius 3 is 3.00 bits per heavy atom. The van der Waals surface area contributed by atoms with Crippen molar-refractivity contribution in [3.8, 4) is 23.1 Å². The molecule has 3 N–H and O–H groups in total. The summed E-state index contributed by atoms with van der Waals surface area (Å²) in [4.78, 5) is 15.1. The maximum absolute atomic E-state index is 5.63. The zero-order valence-electron chi connectivity index (χ0n) is 8.66. The van der Waals surface area contributed by atoms with Crippen LogP contribution in [0.5, 0.6) is 0 Å². The summed E-state index contributed by atoms with van der Waals surface area (Å²) in [6.45, 7) is 0. The Morgan fingerprint density at radius 2 is 2.24 bits per heavy atom. The van der Waals surface area contributed by atoms with Crippen molar-refractivity contribution >= 4 is 5.69 Å². The second kappa shape index (κ2) is 3.71. The normalized spacial score (nSPS) is 10.6. The summed E-state index contributed by atoms with van der Waals surface area (Å²) >= 11 is 0. The van der Waals surface area contributed by atoms with Crippen LogP contribution in [0.15, 0.2) is 35.4 Å². The zero-order valence-corrected chi connectivity index (χ0v) is 8.66. The standard InChI is InChI=1S/C10H8N6O/c11-7-3-6(4-12-5-7)10-15-9(16-17-10)8-13-1-2-14-8/h1-5H,11H2,(H,13,14). The number of imidazole rings is 1. The Labute approximate surface area is 95.7 Å². The van der Waals surface area contributed by atoms with Crippen LogP contribution in [-0.4, -0.2) is 25.1 Å². The minimum Gasteiger partial charge on any atom is -0.397 e. The number of pyridine rings is 1. The lowest BCUT2D eigenvalue weighted by Gasteiger charge is -1.94. The van der Waals surface area contributed by atoms with Crippen LogP contribution in [0.3, 0.4) is 0 Å². The van der Waals surface area contributed by atoms with E-state index < -0.39 is 0 Å². The van der Waals surface area contributed by atoms with Gasteiger partial charge < -0.3 is 15.2 Å². The number of anilines is 1. The van der Waals surface area contributed by atoms with Gasteiger partial charge in [-0.1, -0.05) is 5.16 Å². The van der Waals surface area contributed by atoms with Crippen LogP contribution >= 0.6 is 0 Å². The number of hydrogen-bond acceptors (Lipinski definition) is 6. The zero-order chi connectivity index (χ0) is 11.7. The molecular formula is C10H8N6O. The van der Waals surface area contributed by atoms with Crippen LogP contribution in [0.4, 0.5) is 5.69 Å². The summed E-state index contributed by atoms with van der Waals surface area (Å²) < 4.78 is 5.11. The van der Waals surface area contributed by atoms with Gasteiger partial charge in [-0.25, -0.2) is 4.98 Å². The van der Waals surface area contributed by atoms with E-state index in [4.69, 9.17) is 10.3 Å². The van der Waals surface area contributed by atoms with Gasteiger partial charge >= 0.3 is 0 Å². The van der Waals surface area contributed by atoms with E-state index in [1.807, 2.05) is 0 Å². The highest BCUT2D eigenvalue weighted by atomic mass is 16.5. The number of nitrogen functional groups attached to an aromatic ring is 1. The molecule has 3 rings (SSSR count). The lowest BCUT2D eigenvalue weighted by Crippen LogP contribution is -1.88. The number of hydrogen-bond donors (Lipinski definition) is 2. The fourth-order valence-corrected chi connectivity index (χ4v) is 1.40. The Morgan fingerprint density at radius 1 is 1.29 bits per heavy atom. The molecule has 17 heavy (non-hydrogen) atoms. The van der Waals surface area contributed by atoms with Gasteiger partial charge in [0, 0.05) is 24.8 Å². The van der Waals surface area contributed by atoms with Crippen molar-refractivity contribution in [1.29, 1.82) is 0 Å². The fourth-order valence-electron chi connectivity index (χ4n) is 1.40. The van der Waals surface area contributed by atoms with Gasteiger partial charge in [-0.15, -0.1) is 0 Å². The van der Waals surface area contributed by atoms with Gasteiger partial charge in [-0.05, 0) is 6.07 Å². The highest BCUT2D eigenvalue weighted by Gasteiger charge is 2.12. The van der Waals surface area contributed by atoms with Crippen molar-refractivity contribution in [2.75, 3.05) is 5.73 Å². The molecule has 0 radical (unpaired) electrons. The largest absolute Gasteiger partial charge is 0.397 e. The van der Waals surface area contributed by atoms with Gasteiger partial charge in [-0.3, -0.25) is 4.98 Å². The summed E-state index contributed by atoms with van der Waals surface area (Å²) in [7, 11) is 0. The van der Waals surface area contributed by atoms with E-state index in [0.717, 1.165) is 0 Å². The molecule has 0 aliphatic carbocycles. The Hall–Kier alpha value is -2.70. The van der Waals surface area contributed by atoms with E-state index in [9.17, 15) is 0 Å². The number of aromatic nitrogens is 5. The van der Waals surface area contributed by atoms with Gasteiger partial charge in [0.2, 0.25) is 5.82 Å². The second-order valence-electron chi connectivity index (χ2n) is 3.37. The minimum absolute atomic E-state index is 0.358. The molecule has 7 nitrogen and oxygen atoms in total. The predicted octanol–water partition coefficient (Wildman–Crippen LogP) is 1.10. The Kier molecular flexibility index (Phi) is 2.08. The third kappa shape index (κ3) is 1.73. The van der Waals surface area contributed by atoms with Gasteiger partial charge in [-0.2, -0.15) is 4.98 Å². The lowest BCUT2D eigenvalue weighted by atomic mass is 10.2. The molecule has 0 saturated carbocycles. The molecular weight excluding hydrogens is 220 g/mol.